The highest BCUT2D eigenvalue weighted by Crippen LogP contribution is 2.30. The summed E-state index contributed by atoms with van der Waals surface area (Å²) in [6.07, 6.45) is -5.09. The van der Waals surface area contributed by atoms with Crippen LogP contribution in [0.4, 0.5) is 11.4 Å². The summed E-state index contributed by atoms with van der Waals surface area (Å²) < 4.78 is 10.1. The Bertz CT molecular complexity index is 524. The van der Waals surface area contributed by atoms with Crippen molar-refractivity contribution in [3.05, 3.63) is 28.3 Å². The van der Waals surface area contributed by atoms with Crippen molar-refractivity contribution in [2.24, 2.45) is 0 Å². The number of aliphatic hydroxyl groups excluding tert-OH is 3. The fourth-order valence-corrected chi connectivity index (χ4v) is 2.00. The number of ether oxygens (including phenoxy) is 2. The van der Waals surface area contributed by atoms with Gasteiger partial charge < -0.3 is 30.1 Å². The number of nitro benzene ring substituents is 1. The van der Waals surface area contributed by atoms with E-state index in [0.717, 1.165) is 0 Å². The first kappa shape index (κ1) is 15.4. The zero-order valence-electron chi connectivity index (χ0n) is 11.2. The van der Waals surface area contributed by atoms with Gasteiger partial charge in [0.1, 0.15) is 29.7 Å². The Morgan fingerprint density at radius 2 is 2.10 bits per heavy atom. The van der Waals surface area contributed by atoms with Gasteiger partial charge in [-0.25, -0.2) is 0 Å². The van der Waals surface area contributed by atoms with Gasteiger partial charge in [-0.3, -0.25) is 10.1 Å². The topological polar surface area (TPSA) is 134 Å². The maximum atomic E-state index is 11.0. The predicted octanol–water partition coefficient (Wildman–Crippen LogP) is -0.546. The molecule has 2 rings (SSSR count). The lowest BCUT2D eigenvalue weighted by molar-refractivity contribution is -0.384. The highest BCUT2D eigenvalue weighted by atomic mass is 16.6. The van der Waals surface area contributed by atoms with E-state index in [1.165, 1.54) is 25.3 Å². The maximum absolute atomic E-state index is 11.0. The Hall–Kier alpha value is -1.94. The number of aliphatic hydroxyl groups is 3. The lowest BCUT2D eigenvalue weighted by Gasteiger charge is -2.35. The monoisotopic (exact) mass is 300 g/mol. The Balaban J connectivity index is 2.21. The van der Waals surface area contributed by atoms with Crippen molar-refractivity contribution < 1.29 is 29.7 Å². The minimum Gasteiger partial charge on any atom is -0.496 e. The second kappa shape index (κ2) is 6.22. The van der Waals surface area contributed by atoms with Crippen LogP contribution < -0.4 is 10.1 Å². The number of hydrogen-bond donors (Lipinski definition) is 4. The number of rotatable bonds is 4. The van der Waals surface area contributed by atoms with E-state index in [1.807, 2.05) is 0 Å². The van der Waals surface area contributed by atoms with Crippen LogP contribution >= 0.6 is 0 Å². The molecule has 116 valence electrons. The van der Waals surface area contributed by atoms with Crippen LogP contribution in [0.25, 0.3) is 0 Å². The molecule has 1 heterocycles. The molecule has 0 aromatic heterocycles. The number of methoxy groups -OCH3 is 1. The maximum Gasteiger partial charge on any atom is 0.296 e. The van der Waals surface area contributed by atoms with Gasteiger partial charge in [-0.15, -0.1) is 0 Å². The molecule has 1 aromatic rings. The Kier molecular flexibility index (Phi) is 4.58. The molecule has 1 aromatic carbocycles. The summed E-state index contributed by atoms with van der Waals surface area (Å²) in [6, 6.07) is 4.14. The summed E-state index contributed by atoms with van der Waals surface area (Å²) in [5.41, 5.74) is -0.154. The Labute approximate surface area is 119 Å². The molecule has 0 unspecified atom stereocenters. The first-order valence-electron chi connectivity index (χ1n) is 6.19. The summed E-state index contributed by atoms with van der Waals surface area (Å²) >= 11 is 0. The molecule has 21 heavy (non-hydrogen) atoms. The number of benzene rings is 1. The van der Waals surface area contributed by atoms with Crippen molar-refractivity contribution in [2.45, 2.75) is 24.5 Å². The first-order chi connectivity index (χ1) is 9.93. The molecule has 1 aliphatic heterocycles. The van der Waals surface area contributed by atoms with Crippen LogP contribution in [0.2, 0.25) is 0 Å². The first-order valence-corrected chi connectivity index (χ1v) is 6.19. The van der Waals surface area contributed by atoms with E-state index in [4.69, 9.17) is 9.47 Å². The van der Waals surface area contributed by atoms with E-state index < -0.39 is 29.5 Å². The third kappa shape index (κ3) is 3.22. The van der Waals surface area contributed by atoms with Crippen molar-refractivity contribution in [1.82, 2.24) is 0 Å². The smallest absolute Gasteiger partial charge is 0.296 e. The number of nitrogens with one attached hydrogen (secondary N) is 1. The second-order valence-electron chi connectivity index (χ2n) is 4.59. The molecule has 1 fully saturated rings. The van der Waals surface area contributed by atoms with E-state index in [0.29, 0.717) is 5.75 Å². The molecule has 4 N–H and O–H groups in total. The van der Waals surface area contributed by atoms with E-state index >= 15 is 0 Å². The number of nitro groups is 1. The lowest BCUT2D eigenvalue weighted by atomic mass is 10.0. The summed E-state index contributed by atoms with van der Waals surface area (Å²) in [5.74, 6) is 0.313. The van der Waals surface area contributed by atoms with Crippen LogP contribution in [0, 0.1) is 10.1 Å². The number of anilines is 1. The molecule has 0 saturated carbocycles. The van der Waals surface area contributed by atoms with Gasteiger partial charge in [-0.05, 0) is 12.1 Å². The van der Waals surface area contributed by atoms with Gasteiger partial charge in [-0.1, -0.05) is 0 Å². The van der Waals surface area contributed by atoms with Crippen LogP contribution in [-0.2, 0) is 4.74 Å². The highest BCUT2D eigenvalue weighted by molar-refractivity contribution is 5.64. The molecule has 0 aliphatic carbocycles. The molecule has 0 amide bonds. The molecule has 1 saturated heterocycles. The lowest BCUT2D eigenvalue weighted by Crippen LogP contribution is -2.55. The van der Waals surface area contributed by atoms with Crippen molar-refractivity contribution in [3.8, 4) is 5.75 Å². The highest BCUT2D eigenvalue weighted by Gasteiger charge is 2.38. The van der Waals surface area contributed by atoms with Crippen molar-refractivity contribution in [1.29, 1.82) is 0 Å². The van der Waals surface area contributed by atoms with Gasteiger partial charge >= 0.3 is 0 Å². The quantitative estimate of drug-likeness (QED) is 0.430. The molecular weight excluding hydrogens is 284 g/mol. The largest absolute Gasteiger partial charge is 0.496 e. The van der Waals surface area contributed by atoms with Gasteiger partial charge in [0.25, 0.3) is 5.69 Å². The zero-order chi connectivity index (χ0) is 15.6. The minimum atomic E-state index is -1.42. The van der Waals surface area contributed by atoms with Crippen LogP contribution in [0.15, 0.2) is 18.2 Å². The normalized spacial score (nSPS) is 29.0. The van der Waals surface area contributed by atoms with Crippen molar-refractivity contribution >= 4 is 11.4 Å². The second-order valence-corrected chi connectivity index (χ2v) is 4.59. The van der Waals surface area contributed by atoms with Gasteiger partial charge in [-0.2, -0.15) is 0 Å². The fraction of sp³-hybridized carbons (Fsp3) is 0.500. The number of nitrogens with zero attached hydrogens (tertiary/aromatic N) is 1. The summed E-state index contributed by atoms with van der Waals surface area (Å²) in [7, 11) is 1.39. The number of hydrogen-bond acceptors (Lipinski definition) is 8. The third-order valence-electron chi connectivity index (χ3n) is 3.20. The van der Waals surface area contributed by atoms with Crippen LogP contribution in [0.5, 0.6) is 5.75 Å². The molecule has 0 bridgehead atoms. The van der Waals surface area contributed by atoms with Crippen LogP contribution in [0.3, 0.4) is 0 Å². The van der Waals surface area contributed by atoms with Gasteiger partial charge in [0.15, 0.2) is 6.23 Å². The van der Waals surface area contributed by atoms with E-state index in [9.17, 15) is 25.4 Å². The van der Waals surface area contributed by atoms with E-state index in [-0.39, 0.29) is 18.0 Å². The third-order valence-corrected chi connectivity index (χ3v) is 3.20. The van der Waals surface area contributed by atoms with Crippen molar-refractivity contribution in [2.75, 3.05) is 19.0 Å². The predicted molar refractivity (Wildman–Crippen MR) is 71.0 cm³/mol. The average molecular weight is 300 g/mol. The molecule has 1 aliphatic rings. The van der Waals surface area contributed by atoms with Gasteiger partial charge in [0.05, 0.1) is 24.7 Å². The van der Waals surface area contributed by atoms with E-state index in [2.05, 4.69) is 5.32 Å². The average Bonchev–Trinajstić information content (AvgIpc) is 2.48. The Morgan fingerprint density at radius 1 is 1.38 bits per heavy atom. The molecular formula is C12H16N2O7. The standard InChI is InChI=1S/C12H16N2O7/c1-20-6-2-3-7(8(4-6)14(18)19)13-12-11(17)10(16)9(15)5-21-12/h2-4,9-13,15-17H,5H2,1H3/t9-,10-,11-,12-/m1/s1. The summed E-state index contributed by atoms with van der Waals surface area (Å²) in [5, 5.41) is 42.4. The van der Waals surface area contributed by atoms with Gasteiger partial charge in [0, 0.05) is 0 Å². The summed E-state index contributed by atoms with van der Waals surface area (Å²) in [6.45, 7) is -0.195. The van der Waals surface area contributed by atoms with Gasteiger partial charge in [0.2, 0.25) is 0 Å². The van der Waals surface area contributed by atoms with Crippen LogP contribution in [-0.4, -0.2) is 58.5 Å². The van der Waals surface area contributed by atoms with Crippen molar-refractivity contribution in [3.63, 3.8) is 0 Å². The van der Waals surface area contributed by atoms with Crippen LogP contribution in [0.1, 0.15) is 0 Å². The summed E-state index contributed by atoms with van der Waals surface area (Å²) in [4.78, 5) is 10.4. The fourth-order valence-electron chi connectivity index (χ4n) is 2.00. The Morgan fingerprint density at radius 3 is 2.71 bits per heavy atom. The molecule has 9 heteroatoms. The minimum absolute atomic E-state index is 0.105. The SMILES string of the molecule is COc1ccc(N[C@@H]2OC[C@@H](O)[C@@H](O)[C@H]2O)c([N+](=O)[O-])c1. The molecule has 0 spiro atoms. The molecule has 9 nitrogen and oxygen atoms in total. The zero-order valence-corrected chi connectivity index (χ0v) is 11.2. The molecule has 4 atom stereocenters. The van der Waals surface area contributed by atoms with E-state index in [1.54, 1.807) is 0 Å². The molecule has 0 radical (unpaired) electrons.